The third kappa shape index (κ3) is 6.64. The summed E-state index contributed by atoms with van der Waals surface area (Å²) in [6.07, 6.45) is 9.64. The van der Waals surface area contributed by atoms with E-state index in [2.05, 4.69) is 28.3 Å². The molecule has 38 heavy (non-hydrogen) atoms. The minimum absolute atomic E-state index is 0.0327. The highest BCUT2D eigenvalue weighted by molar-refractivity contribution is 5.77. The molecule has 3 heterocycles. The van der Waals surface area contributed by atoms with Crippen LogP contribution >= 0.6 is 0 Å². The number of fused-ring (bicyclic) bond motifs is 1. The monoisotopic (exact) mass is 526 g/mol. The Hall–Kier alpha value is -2.71. The second-order valence-corrected chi connectivity index (χ2v) is 11.2. The fraction of sp³-hybridized carbons (Fsp3) is 0.600. The van der Waals surface area contributed by atoms with Gasteiger partial charge in [-0.3, -0.25) is 9.69 Å². The van der Waals surface area contributed by atoms with Gasteiger partial charge in [-0.2, -0.15) is 0 Å². The predicted molar refractivity (Wildman–Crippen MR) is 148 cm³/mol. The lowest BCUT2D eigenvalue weighted by atomic mass is 9.95. The van der Waals surface area contributed by atoms with E-state index in [4.69, 9.17) is 4.74 Å². The number of ether oxygens (including phenoxy) is 1. The maximum atomic E-state index is 14.8. The molecule has 7 nitrogen and oxygen atoms in total. The van der Waals surface area contributed by atoms with Gasteiger partial charge in [-0.1, -0.05) is 32.8 Å². The minimum atomic E-state index is -0.971. The predicted octanol–water partition coefficient (Wildman–Crippen LogP) is 5.47. The summed E-state index contributed by atoms with van der Waals surface area (Å²) >= 11 is 0. The summed E-state index contributed by atoms with van der Waals surface area (Å²) in [6, 6.07) is 7.26. The molecule has 0 radical (unpaired) electrons. The van der Waals surface area contributed by atoms with Gasteiger partial charge in [0.1, 0.15) is 11.9 Å². The van der Waals surface area contributed by atoms with Crippen LogP contribution in [-0.2, 0) is 11.2 Å². The molecule has 208 valence electrons. The zero-order valence-corrected chi connectivity index (χ0v) is 23.3. The highest BCUT2D eigenvalue weighted by Gasteiger charge is 2.37. The Bertz CT molecular complexity index is 1100. The first-order chi connectivity index (χ1) is 18.3. The maximum absolute atomic E-state index is 14.8. The summed E-state index contributed by atoms with van der Waals surface area (Å²) in [5.41, 5.74) is 2.50. The zero-order valence-electron chi connectivity index (χ0n) is 23.3. The van der Waals surface area contributed by atoms with Crippen LogP contribution in [0.25, 0.3) is 0 Å². The largest absolute Gasteiger partial charge is 0.493 e. The van der Waals surface area contributed by atoms with Crippen molar-refractivity contribution in [3.8, 4) is 5.75 Å². The number of likely N-dealkylation sites (tertiary alicyclic amines) is 1. The van der Waals surface area contributed by atoms with Crippen LogP contribution in [0.2, 0.25) is 0 Å². The van der Waals surface area contributed by atoms with Crippen LogP contribution in [0.3, 0.4) is 0 Å². The number of aromatic nitrogens is 1. The number of nitrogens with one attached hydrogen (secondary N) is 1. The maximum Gasteiger partial charge on any atom is 0.325 e. The molecule has 0 unspecified atom stereocenters. The Balaban J connectivity index is 1.27. The van der Waals surface area contributed by atoms with E-state index in [1.165, 1.54) is 31.6 Å². The average molecular weight is 527 g/mol. The van der Waals surface area contributed by atoms with Crippen molar-refractivity contribution in [2.45, 2.75) is 82.8 Å². The number of aliphatic carboxylic acids is 1. The molecule has 2 aliphatic heterocycles. The van der Waals surface area contributed by atoms with Crippen LogP contribution in [0.1, 0.15) is 81.0 Å². The fourth-order valence-corrected chi connectivity index (χ4v) is 5.93. The average Bonchev–Trinajstić information content (AvgIpc) is 3.37. The van der Waals surface area contributed by atoms with Gasteiger partial charge in [0, 0.05) is 36.9 Å². The summed E-state index contributed by atoms with van der Waals surface area (Å²) in [5, 5.41) is 13.8. The molecule has 8 heteroatoms. The van der Waals surface area contributed by atoms with Crippen molar-refractivity contribution in [2.75, 3.05) is 39.1 Å². The van der Waals surface area contributed by atoms with Crippen LogP contribution < -0.4 is 10.1 Å². The van der Waals surface area contributed by atoms with Crippen LogP contribution in [0.15, 0.2) is 30.5 Å². The van der Waals surface area contributed by atoms with Crippen LogP contribution in [-0.4, -0.2) is 71.7 Å². The molecule has 2 N–H and O–H groups in total. The number of pyridine rings is 1. The fourth-order valence-electron chi connectivity index (χ4n) is 5.93. The lowest BCUT2D eigenvalue weighted by molar-refractivity contribution is -0.143. The SMILES string of the molecule is COc1c(F)cc(C(C)C)cc1[C@@H](C(=O)O)N1CC[C@@H](N(C)CCCCC[C@H]2CCc3cccnc3N2)C1. The molecule has 2 aliphatic rings. The number of carboxylic acid groups (broad SMARTS) is 1. The van der Waals surface area contributed by atoms with Gasteiger partial charge >= 0.3 is 5.97 Å². The van der Waals surface area contributed by atoms with E-state index >= 15 is 0 Å². The van der Waals surface area contributed by atoms with Gasteiger partial charge in [-0.05, 0) is 80.9 Å². The summed E-state index contributed by atoms with van der Waals surface area (Å²) in [6.45, 7) is 6.24. The van der Waals surface area contributed by atoms with Crippen molar-refractivity contribution in [3.63, 3.8) is 0 Å². The van der Waals surface area contributed by atoms with E-state index in [9.17, 15) is 14.3 Å². The minimum Gasteiger partial charge on any atom is -0.493 e. The lowest BCUT2D eigenvalue weighted by Gasteiger charge is -2.29. The smallest absolute Gasteiger partial charge is 0.325 e. The van der Waals surface area contributed by atoms with E-state index in [1.807, 2.05) is 31.0 Å². The molecular weight excluding hydrogens is 483 g/mol. The van der Waals surface area contributed by atoms with Gasteiger partial charge in [0.05, 0.1) is 7.11 Å². The number of anilines is 1. The number of rotatable bonds is 12. The van der Waals surface area contributed by atoms with Crippen molar-refractivity contribution in [2.24, 2.45) is 0 Å². The molecule has 0 saturated carbocycles. The first-order valence-electron chi connectivity index (χ1n) is 14.0. The number of likely N-dealkylation sites (N-methyl/N-ethyl adjacent to an activating group) is 1. The normalized spacial score (nSPS) is 20.4. The highest BCUT2D eigenvalue weighted by Crippen LogP contribution is 2.37. The quantitative estimate of drug-likeness (QED) is 0.355. The van der Waals surface area contributed by atoms with Gasteiger partial charge < -0.3 is 20.1 Å². The van der Waals surface area contributed by atoms with Crippen molar-refractivity contribution in [1.29, 1.82) is 0 Å². The number of halogens is 1. The van der Waals surface area contributed by atoms with Gasteiger partial charge in [0.15, 0.2) is 11.6 Å². The molecule has 3 atom stereocenters. The van der Waals surface area contributed by atoms with E-state index in [0.717, 1.165) is 50.0 Å². The second-order valence-electron chi connectivity index (χ2n) is 11.2. The molecule has 0 amide bonds. The topological polar surface area (TPSA) is 77.9 Å². The number of unbranched alkanes of at least 4 members (excludes halogenated alkanes) is 2. The molecule has 0 bridgehead atoms. The standard InChI is InChI=1S/C30H43FN4O3/c1-20(2)22-17-25(28(38-4)26(31)18-22)27(30(36)37)35-16-13-24(19-35)34(3)15-7-5-6-10-23-12-11-21-9-8-14-32-29(21)33-23/h8-9,14,17-18,20,23-24,27H,5-7,10-13,15-16,19H2,1-4H3,(H,32,33)(H,36,37)/t23-,24+,27-/m0/s1. The number of carboxylic acids is 1. The number of benzene rings is 1. The van der Waals surface area contributed by atoms with E-state index in [-0.39, 0.29) is 17.7 Å². The Labute approximate surface area is 226 Å². The number of carbonyl (C=O) groups is 1. The highest BCUT2D eigenvalue weighted by atomic mass is 19.1. The molecule has 1 fully saturated rings. The third-order valence-corrected chi connectivity index (χ3v) is 8.23. The third-order valence-electron chi connectivity index (χ3n) is 8.23. The van der Waals surface area contributed by atoms with Crippen molar-refractivity contribution < 1.29 is 19.0 Å². The number of hydrogen-bond donors (Lipinski definition) is 2. The number of aryl methyl sites for hydroxylation is 1. The first-order valence-corrected chi connectivity index (χ1v) is 14.0. The molecule has 4 rings (SSSR count). The Morgan fingerprint density at radius 1 is 1.29 bits per heavy atom. The van der Waals surface area contributed by atoms with Crippen molar-refractivity contribution in [3.05, 3.63) is 53.0 Å². The number of hydrogen-bond acceptors (Lipinski definition) is 6. The Morgan fingerprint density at radius 2 is 2.11 bits per heavy atom. The van der Waals surface area contributed by atoms with Crippen molar-refractivity contribution in [1.82, 2.24) is 14.8 Å². The van der Waals surface area contributed by atoms with Gasteiger partial charge in [-0.25, -0.2) is 9.37 Å². The molecule has 2 aromatic rings. The molecule has 1 aromatic heterocycles. The summed E-state index contributed by atoms with van der Waals surface area (Å²) in [7, 11) is 3.53. The molecule has 0 aliphatic carbocycles. The Morgan fingerprint density at radius 3 is 2.84 bits per heavy atom. The summed E-state index contributed by atoms with van der Waals surface area (Å²) < 4.78 is 20.2. The summed E-state index contributed by atoms with van der Waals surface area (Å²) in [4.78, 5) is 21.2. The van der Waals surface area contributed by atoms with Crippen LogP contribution in [0.4, 0.5) is 10.2 Å². The van der Waals surface area contributed by atoms with E-state index < -0.39 is 17.8 Å². The van der Waals surface area contributed by atoms with E-state index in [0.29, 0.717) is 24.7 Å². The first kappa shape index (κ1) is 28.3. The molecule has 0 spiro atoms. The second kappa shape index (κ2) is 12.9. The van der Waals surface area contributed by atoms with Crippen LogP contribution in [0.5, 0.6) is 5.75 Å². The van der Waals surface area contributed by atoms with E-state index in [1.54, 1.807) is 6.07 Å². The molecular formula is C30H43FN4O3. The Kier molecular flexibility index (Phi) is 9.60. The van der Waals surface area contributed by atoms with Gasteiger partial charge in [0.25, 0.3) is 0 Å². The van der Waals surface area contributed by atoms with Crippen molar-refractivity contribution >= 4 is 11.8 Å². The lowest BCUT2D eigenvalue weighted by Crippen LogP contribution is -2.38. The summed E-state index contributed by atoms with van der Waals surface area (Å²) in [5.74, 6) is -0.309. The molecule has 1 saturated heterocycles. The zero-order chi connectivity index (χ0) is 27.2. The number of nitrogens with zero attached hydrogens (tertiary/aromatic N) is 3. The van der Waals surface area contributed by atoms with Gasteiger partial charge in [0.2, 0.25) is 0 Å². The molecule has 1 aromatic carbocycles. The van der Waals surface area contributed by atoms with Crippen LogP contribution in [0, 0.1) is 5.82 Å². The number of methoxy groups -OCH3 is 1. The van der Waals surface area contributed by atoms with Gasteiger partial charge in [-0.15, -0.1) is 0 Å².